The zero-order valence-electron chi connectivity index (χ0n) is 16.1. The van der Waals surface area contributed by atoms with Gasteiger partial charge in [0.05, 0.1) is 19.6 Å². The Balaban J connectivity index is 1.88. The first kappa shape index (κ1) is 19.4. The zero-order chi connectivity index (χ0) is 18.6. The second kappa shape index (κ2) is 8.48. The van der Waals surface area contributed by atoms with E-state index >= 15 is 0 Å². The van der Waals surface area contributed by atoms with Crippen molar-refractivity contribution in [2.75, 3.05) is 32.0 Å². The number of anilines is 1. The molecule has 25 heavy (non-hydrogen) atoms. The number of hydrogen-bond acceptors (Lipinski definition) is 2. The first-order valence-corrected chi connectivity index (χ1v) is 9.22. The summed E-state index contributed by atoms with van der Waals surface area (Å²) < 4.78 is 0. The summed E-state index contributed by atoms with van der Waals surface area (Å²) >= 11 is 0. The molecule has 2 amide bonds. The number of benzene rings is 1. The Morgan fingerprint density at radius 3 is 2.32 bits per heavy atom. The molecule has 0 radical (unpaired) electrons. The molecule has 4 atom stereocenters. The van der Waals surface area contributed by atoms with Crippen molar-refractivity contribution in [2.24, 2.45) is 11.8 Å². The van der Waals surface area contributed by atoms with Crippen LogP contribution in [0.15, 0.2) is 24.3 Å². The molecule has 0 bridgehead atoms. The van der Waals surface area contributed by atoms with Crippen molar-refractivity contribution in [3.63, 3.8) is 0 Å². The van der Waals surface area contributed by atoms with Crippen molar-refractivity contribution in [1.29, 1.82) is 0 Å². The molecule has 1 saturated heterocycles. The fraction of sp³-hybridized carbons (Fsp3) is 0.600. The second-order valence-corrected chi connectivity index (χ2v) is 7.84. The summed E-state index contributed by atoms with van der Waals surface area (Å²) in [5, 5.41) is 2.85. The number of aryl methyl sites for hydroxylation is 1. The molecule has 0 spiro atoms. The topological polar surface area (TPSA) is 53.9 Å². The Morgan fingerprint density at radius 2 is 1.76 bits per heavy atom. The van der Waals surface area contributed by atoms with Crippen LogP contribution in [-0.4, -0.2) is 49.4 Å². The minimum atomic E-state index is -0.165. The van der Waals surface area contributed by atoms with Crippen molar-refractivity contribution in [3.05, 3.63) is 29.8 Å². The molecule has 0 aliphatic carbocycles. The van der Waals surface area contributed by atoms with Crippen LogP contribution < -0.4 is 10.2 Å². The van der Waals surface area contributed by atoms with E-state index in [0.29, 0.717) is 11.8 Å². The van der Waals surface area contributed by atoms with Gasteiger partial charge in [-0.2, -0.15) is 0 Å². The molecule has 1 aliphatic heterocycles. The summed E-state index contributed by atoms with van der Waals surface area (Å²) in [7, 11) is 1.71. The Kier molecular flexibility index (Phi) is 6.59. The number of carbonyl (C=O) groups excluding carboxylic acids is 2. The number of likely N-dealkylation sites (N-methyl/N-ethyl adjacent to an activating group) is 1. The van der Waals surface area contributed by atoms with Gasteiger partial charge in [-0.05, 0) is 32.4 Å². The molecule has 0 saturated carbocycles. The number of nitrogens with zero attached hydrogens (tertiary/aromatic N) is 1. The molecule has 2 rings (SSSR count). The van der Waals surface area contributed by atoms with Gasteiger partial charge in [0, 0.05) is 24.6 Å². The lowest BCUT2D eigenvalue weighted by atomic mass is 9.91. The highest BCUT2D eigenvalue weighted by molar-refractivity contribution is 5.94. The third kappa shape index (κ3) is 5.56. The van der Waals surface area contributed by atoms with Gasteiger partial charge in [-0.1, -0.05) is 31.5 Å². The first-order chi connectivity index (χ1) is 11.8. The maximum Gasteiger partial charge on any atom is 0.280 e. The smallest absolute Gasteiger partial charge is 0.280 e. The van der Waals surface area contributed by atoms with Crippen molar-refractivity contribution in [1.82, 2.24) is 4.90 Å². The van der Waals surface area contributed by atoms with Gasteiger partial charge in [0.25, 0.3) is 5.91 Å². The highest BCUT2D eigenvalue weighted by Gasteiger charge is 2.34. The Bertz CT molecular complexity index is 589. The number of carbonyl (C=O) groups is 2. The normalized spacial score (nSPS) is 24.4. The number of rotatable bonds is 5. The number of nitrogens with one attached hydrogen (secondary N) is 2. The quantitative estimate of drug-likeness (QED) is 0.845. The van der Waals surface area contributed by atoms with Crippen LogP contribution in [0.5, 0.6) is 0 Å². The van der Waals surface area contributed by atoms with Gasteiger partial charge < -0.3 is 15.1 Å². The number of hydrogen-bond donors (Lipinski definition) is 2. The van der Waals surface area contributed by atoms with Gasteiger partial charge in [-0.25, -0.2) is 0 Å². The summed E-state index contributed by atoms with van der Waals surface area (Å²) in [6.45, 7) is 10.6. The van der Waals surface area contributed by atoms with Crippen LogP contribution in [0.3, 0.4) is 0 Å². The maximum atomic E-state index is 12.7. The Morgan fingerprint density at radius 1 is 1.20 bits per heavy atom. The molecule has 1 unspecified atom stereocenters. The Hall–Kier alpha value is -1.88. The molecule has 2 N–H and O–H groups in total. The van der Waals surface area contributed by atoms with Crippen molar-refractivity contribution in [2.45, 2.75) is 40.2 Å². The summed E-state index contributed by atoms with van der Waals surface area (Å²) in [5.41, 5.74) is 1.90. The van der Waals surface area contributed by atoms with Crippen LogP contribution in [-0.2, 0) is 9.59 Å². The van der Waals surface area contributed by atoms with E-state index in [2.05, 4.69) is 19.2 Å². The minimum absolute atomic E-state index is 0.0374. The molecule has 0 aromatic heterocycles. The maximum absolute atomic E-state index is 12.7. The van der Waals surface area contributed by atoms with Gasteiger partial charge in [0.15, 0.2) is 6.04 Å². The zero-order valence-corrected chi connectivity index (χ0v) is 16.1. The molecular weight excluding hydrogens is 314 g/mol. The number of quaternary nitrogens is 1. The third-order valence-corrected chi connectivity index (χ3v) is 5.10. The molecular formula is C20H32N3O2+. The molecule has 138 valence electrons. The predicted molar refractivity (Wildman–Crippen MR) is 101 cm³/mol. The molecule has 1 fully saturated rings. The third-order valence-electron chi connectivity index (χ3n) is 5.10. The van der Waals surface area contributed by atoms with Crippen LogP contribution in [0.2, 0.25) is 0 Å². The Labute approximate surface area is 151 Å². The molecule has 1 heterocycles. The standard InChI is InChI=1S/C20H31N3O2/c1-14-6-8-18(9-7-14)21-19(24)13-22(5)20(25)17(4)23-11-15(2)10-16(3)12-23/h6-9,15-17H,10-13H2,1-5H3,(H,21,24)/p+1/t15-,16+,17-/m1/s1. The first-order valence-electron chi connectivity index (χ1n) is 9.22. The van der Waals surface area contributed by atoms with E-state index in [9.17, 15) is 9.59 Å². The largest absolute Gasteiger partial charge is 0.331 e. The molecule has 5 nitrogen and oxygen atoms in total. The van der Waals surface area contributed by atoms with E-state index in [1.807, 2.05) is 38.1 Å². The van der Waals surface area contributed by atoms with Gasteiger partial charge in [0.1, 0.15) is 0 Å². The lowest BCUT2D eigenvalue weighted by Crippen LogP contribution is -3.18. The monoisotopic (exact) mass is 346 g/mol. The lowest BCUT2D eigenvalue weighted by Gasteiger charge is -2.36. The summed E-state index contributed by atoms with van der Waals surface area (Å²) in [6.07, 6.45) is 1.24. The SMILES string of the molecule is Cc1ccc(NC(=O)CN(C)C(=O)[C@@H](C)[NH+]2C[C@H](C)C[C@H](C)C2)cc1. The van der Waals surface area contributed by atoms with Crippen molar-refractivity contribution < 1.29 is 14.5 Å². The fourth-order valence-electron chi connectivity index (χ4n) is 3.82. The van der Waals surface area contributed by atoms with E-state index in [0.717, 1.165) is 24.3 Å². The van der Waals surface area contributed by atoms with E-state index in [1.165, 1.54) is 11.3 Å². The van der Waals surface area contributed by atoms with E-state index in [-0.39, 0.29) is 24.4 Å². The summed E-state index contributed by atoms with van der Waals surface area (Å²) in [4.78, 5) is 27.8. The van der Waals surface area contributed by atoms with E-state index < -0.39 is 0 Å². The van der Waals surface area contributed by atoms with Gasteiger partial charge >= 0.3 is 0 Å². The average Bonchev–Trinajstić information content (AvgIpc) is 2.54. The number of likely N-dealkylation sites (tertiary alicyclic amines) is 1. The second-order valence-electron chi connectivity index (χ2n) is 7.84. The highest BCUT2D eigenvalue weighted by Crippen LogP contribution is 2.13. The summed E-state index contributed by atoms with van der Waals surface area (Å²) in [5.74, 6) is 1.16. The van der Waals surface area contributed by atoms with Gasteiger partial charge in [0.2, 0.25) is 5.91 Å². The molecule has 1 aromatic carbocycles. The summed E-state index contributed by atoms with van der Waals surface area (Å²) in [6, 6.07) is 7.54. The fourth-order valence-corrected chi connectivity index (χ4v) is 3.82. The molecule has 5 heteroatoms. The van der Waals surface area contributed by atoms with E-state index in [1.54, 1.807) is 11.9 Å². The average molecular weight is 346 g/mol. The van der Waals surface area contributed by atoms with Crippen LogP contribution in [0.1, 0.15) is 32.8 Å². The van der Waals surface area contributed by atoms with Gasteiger partial charge in [-0.15, -0.1) is 0 Å². The lowest BCUT2D eigenvalue weighted by molar-refractivity contribution is -0.926. The van der Waals surface area contributed by atoms with Crippen LogP contribution in [0.25, 0.3) is 0 Å². The van der Waals surface area contributed by atoms with Crippen LogP contribution in [0.4, 0.5) is 5.69 Å². The van der Waals surface area contributed by atoms with E-state index in [4.69, 9.17) is 0 Å². The van der Waals surface area contributed by atoms with Crippen LogP contribution in [0, 0.1) is 18.8 Å². The van der Waals surface area contributed by atoms with Gasteiger partial charge in [-0.3, -0.25) is 9.59 Å². The molecule has 1 aliphatic rings. The minimum Gasteiger partial charge on any atom is -0.331 e. The van der Waals surface area contributed by atoms with Crippen LogP contribution >= 0.6 is 0 Å². The molecule has 1 aromatic rings. The highest BCUT2D eigenvalue weighted by atomic mass is 16.2. The van der Waals surface area contributed by atoms with Crippen molar-refractivity contribution >= 4 is 17.5 Å². The number of piperidine rings is 1. The van der Waals surface area contributed by atoms with Crippen molar-refractivity contribution in [3.8, 4) is 0 Å². The number of amides is 2. The predicted octanol–water partition coefficient (Wildman–Crippen LogP) is 1.34.